The van der Waals surface area contributed by atoms with E-state index in [-0.39, 0.29) is 36.9 Å². The van der Waals surface area contributed by atoms with Gasteiger partial charge in [0.15, 0.2) is 0 Å². The van der Waals surface area contributed by atoms with E-state index in [2.05, 4.69) is 17.9 Å². The number of thiol groups is 1. The molecule has 0 saturated carbocycles. The minimum Gasteiger partial charge on any atom is -0.497 e. The minimum absolute atomic E-state index is 0.00917. The fourth-order valence-electron chi connectivity index (χ4n) is 3.12. The van der Waals surface area contributed by atoms with E-state index in [4.69, 9.17) is 9.47 Å². The molecule has 8 nitrogen and oxygen atoms in total. The predicted molar refractivity (Wildman–Crippen MR) is 96.2 cm³/mol. The molecule has 0 aromatic heterocycles. The number of hydrogen-bond acceptors (Lipinski definition) is 6. The zero-order valence-electron chi connectivity index (χ0n) is 14.4. The van der Waals surface area contributed by atoms with Crippen molar-refractivity contribution in [1.29, 1.82) is 0 Å². The molecule has 2 fully saturated rings. The number of imide groups is 1. The molecule has 26 heavy (non-hydrogen) atoms. The lowest BCUT2D eigenvalue weighted by molar-refractivity contribution is -0.118. The topological polar surface area (TPSA) is 88.2 Å². The number of methoxy groups -OCH3 is 1. The number of ether oxygens (including phenoxy) is 2. The Morgan fingerprint density at radius 2 is 2.04 bits per heavy atom. The summed E-state index contributed by atoms with van der Waals surface area (Å²) in [5.74, 6) is 0.403. The van der Waals surface area contributed by atoms with Gasteiger partial charge < -0.3 is 19.3 Å². The maximum Gasteiger partial charge on any atom is 0.410 e. The molecule has 0 spiro atoms. The molecule has 1 aromatic rings. The van der Waals surface area contributed by atoms with E-state index in [0.717, 1.165) is 11.3 Å². The summed E-state index contributed by atoms with van der Waals surface area (Å²) >= 11 is 4.45. The molecule has 0 bridgehead atoms. The maximum atomic E-state index is 12.5. The molecule has 4 amide bonds. The van der Waals surface area contributed by atoms with Gasteiger partial charge in [-0.05, 0) is 24.1 Å². The number of nitrogens with zero attached hydrogens (tertiary/aromatic N) is 2. The van der Waals surface area contributed by atoms with Gasteiger partial charge in [0.05, 0.1) is 13.2 Å². The van der Waals surface area contributed by atoms with E-state index >= 15 is 0 Å². The normalized spacial score (nSPS) is 22.5. The first-order valence-electron chi connectivity index (χ1n) is 8.29. The quantitative estimate of drug-likeness (QED) is 0.594. The highest BCUT2D eigenvalue weighted by atomic mass is 32.1. The van der Waals surface area contributed by atoms with E-state index in [0.29, 0.717) is 13.0 Å². The van der Waals surface area contributed by atoms with E-state index in [1.165, 1.54) is 4.90 Å². The van der Waals surface area contributed by atoms with Gasteiger partial charge in [0, 0.05) is 18.3 Å². The molecule has 140 valence electrons. The zero-order valence-corrected chi connectivity index (χ0v) is 15.3. The number of carbonyl (C=O) groups is 3. The third-order valence-electron chi connectivity index (χ3n) is 4.45. The Morgan fingerprint density at radius 3 is 2.65 bits per heavy atom. The van der Waals surface area contributed by atoms with Crippen molar-refractivity contribution >= 4 is 30.7 Å². The zero-order chi connectivity index (χ0) is 18.7. The summed E-state index contributed by atoms with van der Waals surface area (Å²) < 4.78 is 10.5. The number of carbonyl (C=O) groups excluding carboxylic acids is 3. The van der Waals surface area contributed by atoms with Crippen molar-refractivity contribution in [2.45, 2.75) is 24.3 Å². The van der Waals surface area contributed by atoms with Gasteiger partial charge in [-0.1, -0.05) is 12.1 Å². The number of nitrogens with one attached hydrogen (secondary N) is 1. The molecular weight excluding hydrogens is 358 g/mol. The Morgan fingerprint density at radius 1 is 1.31 bits per heavy atom. The Labute approximate surface area is 156 Å². The molecular formula is C17H21N3O5S. The van der Waals surface area contributed by atoms with Crippen LogP contribution in [0.3, 0.4) is 0 Å². The lowest BCUT2D eigenvalue weighted by Crippen LogP contribution is -2.44. The Kier molecular flexibility index (Phi) is 5.55. The fraction of sp³-hybridized carbons (Fsp3) is 0.471. The third kappa shape index (κ3) is 4.21. The maximum absolute atomic E-state index is 12.5. The fourth-order valence-corrected chi connectivity index (χ4v) is 3.54. The summed E-state index contributed by atoms with van der Waals surface area (Å²) in [5, 5.41) is 2.25. The van der Waals surface area contributed by atoms with Gasteiger partial charge in [-0.25, -0.2) is 9.59 Å². The van der Waals surface area contributed by atoms with Gasteiger partial charge in [0.25, 0.3) is 0 Å². The van der Waals surface area contributed by atoms with Gasteiger partial charge in [-0.2, -0.15) is 12.6 Å². The molecule has 1 N–H and O–H groups in total. The van der Waals surface area contributed by atoms with Crippen LogP contribution in [0.15, 0.2) is 24.3 Å². The van der Waals surface area contributed by atoms with Crippen LogP contribution in [0.25, 0.3) is 0 Å². The molecule has 2 atom stereocenters. The third-order valence-corrected chi connectivity index (χ3v) is 4.82. The van der Waals surface area contributed by atoms with E-state index in [9.17, 15) is 14.4 Å². The number of hydrogen-bond donors (Lipinski definition) is 2. The van der Waals surface area contributed by atoms with Crippen LogP contribution >= 0.6 is 12.6 Å². The molecule has 2 aliphatic heterocycles. The van der Waals surface area contributed by atoms with Crippen LogP contribution in [0.1, 0.15) is 12.0 Å². The smallest absolute Gasteiger partial charge is 0.410 e. The Balaban J connectivity index is 1.57. The van der Waals surface area contributed by atoms with E-state index in [1.807, 2.05) is 12.1 Å². The summed E-state index contributed by atoms with van der Waals surface area (Å²) in [4.78, 5) is 38.5. The Hall–Kier alpha value is -2.42. The van der Waals surface area contributed by atoms with Gasteiger partial charge in [0.1, 0.15) is 18.9 Å². The summed E-state index contributed by atoms with van der Waals surface area (Å²) in [5.41, 5.74) is 0.849. The molecule has 2 heterocycles. The first-order chi connectivity index (χ1) is 12.5. The second-order valence-corrected chi connectivity index (χ2v) is 7.06. The molecule has 0 aliphatic carbocycles. The number of amides is 4. The van der Waals surface area contributed by atoms with Crippen molar-refractivity contribution in [2.24, 2.45) is 0 Å². The average molecular weight is 379 g/mol. The lowest BCUT2D eigenvalue weighted by atomic mass is 10.2. The highest BCUT2D eigenvalue weighted by Gasteiger charge is 2.38. The largest absolute Gasteiger partial charge is 0.497 e. The number of urea groups is 1. The van der Waals surface area contributed by atoms with Crippen LogP contribution in [-0.2, 0) is 16.1 Å². The second kappa shape index (κ2) is 7.86. The minimum atomic E-state index is -0.451. The van der Waals surface area contributed by atoms with Crippen LogP contribution in [0, 0.1) is 0 Å². The van der Waals surface area contributed by atoms with Crippen molar-refractivity contribution in [2.75, 3.05) is 26.7 Å². The van der Waals surface area contributed by atoms with Gasteiger partial charge in [-0.3, -0.25) is 10.1 Å². The van der Waals surface area contributed by atoms with Gasteiger partial charge in [0.2, 0.25) is 5.91 Å². The first-order valence-corrected chi connectivity index (χ1v) is 8.81. The van der Waals surface area contributed by atoms with Crippen LogP contribution in [-0.4, -0.2) is 65.9 Å². The lowest BCUT2D eigenvalue weighted by Gasteiger charge is -2.27. The van der Waals surface area contributed by atoms with Gasteiger partial charge >= 0.3 is 12.1 Å². The van der Waals surface area contributed by atoms with Crippen LogP contribution in [0.2, 0.25) is 0 Å². The second-order valence-electron chi connectivity index (χ2n) is 6.33. The molecule has 1 aromatic carbocycles. The van der Waals surface area contributed by atoms with E-state index < -0.39 is 12.1 Å². The molecule has 0 unspecified atom stereocenters. The number of benzene rings is 1. The molecule has 3 rings (SSSR count). The molecule has 9 heteroatoms. The number of likely N-dealkylation sites (tertiary alicyclic amines) is 1. The summed E-state index contributed by atoms with van der Waals surface area (Å²) in [6.07, 6.45) is 0.187. The van der Waals surface area contributed by atoms with Crippen molar-refractivity contribution in [3.8, 4) is 5.75 Å². The molecule has 2 saturated heterocycles. The summed E-state index contributed by atoms with van der Waals surface area (Å²) in [7, 11) is 1.59. The van der Waals surface area contributed by atoms with E-state index in [1.54, 1.807) is 24.1 Å². The first kappa shape index (κ1) is 18.4. The van der Waals surface area contributed by atoms with Crippen molar-refractivity contribution in [1.82, 2.24) is 15.1 Å². The highest BCUT2D eigenvalue weighted by Crippen LogP contribution is 2.24. The van der Waals surface area contributed by atoms with Crippen LogP contribution in [0.4, 0.5) is 9.59 Å². The summed E-state index contributed by atoms with van der Waals surface area (Å²) in [6.45, 7) is 0.887. The van der Waals surface area contributed by atoms with Crippen molar-refractivity contribution in [3.05, 3.63) is 29.8 Å². The standard InChI is InChI=1S/C17H21N3O5S/c1-24-13-4-2-11(3-5-13)10-25-17(23)20-8-14(26)6-12(20)7-19-9-15(21)18-16(19)22/h2-5,12,14,26H,6-10H2,1H3,(H,18,21,22)/t12-,14-/m0/s1. The molecule has 2 aliphatic rings. The van der Waals surface area contributed by atoms with Gasteiger partial charge in [-0.15, -0.1) is 0 Å². The van der Waals surface area contributed by atoms with Crippen LogP contribution in [0.5, 0.6) is 5.75 Å². The predicted octanol–water partition coefficient (Wildman–Crippen LogP) is 1.26. The monoisotopic (exact) mass is 379 g/mol. The SMILES string of the molecule is COc1ccc(COC(=O)N2C[C@@H](S)C[C@H]2CN2CC(=O)NC2=O)cc1. The van der Waals surface area contributed by atoms with Crippen molar-refractivity contribution < 1.29 is 23.9 Å². The van der Waals surface area contributed by atoms with Crippen molar-refractivity contribution in [3.63, 3.8) is 0 Å². The highest BCUT2D eigenvalue weighted by molar-refractivity contribution is 7.81. The molecule has 0 radical (unpaired) electrons. The summed E-state index contributed by atoms with van der Waals surface area (Å²) in [6, 6.07) is 6.61. The Bertz CT molecular complexity index is 696. The number of rotatable bonds is 5. The average Bonchev–Trinajstić information content (AvgIpc) is 3.14. The van der Waals surface area contributed by atoms with Crippen LogP contribution < -0.4 is 10.1 Å².